The summed E-state index contributed by atoms with van der Waals surface area (Å²) in [4.78, 5) is 7.00. The smallest absolute Gasteiger partial charge is 0.128 e. The first kappa shape index (κ1) is 13.7. The van der Waals surface area contributed by atoms with Crippen LogP contribution >= 0.6 is 11.6 Å². The Morgan fingerprint density at radius 3 is 2.44 bits per heavy atom. The molecule has 2 nitrogen and oxygen atoms in total. The molecule has 0 N–H and O–H groups in total. The maximum Gasteiger partial charge on any atom is 0.128 e. The van der Waals surface area contributed by atoms with Crippen molar-refractivity contribution in [1.82, 2.24) is 4.98 Å². The molecule has 1 aromatic rings. The van der Waals surface area contributed by atoms with Crippen LogP contribution in [0.2, 0.25) is 0 Å². The van der Waals surface area contributed by atoms with Crippen LogP contribution in [0.4, 0.5) is 5.82 Å². The summed E-state index contributed by atoms with van der Waals surface area (Å²) < 4.78 is 0. The van der Waals surface area contributed by atoms with Crippen molar-refractivity contribution in [1.29, 1.82) is 0 Å². The van der Waals surface area contributed by atoms with E-state index in [2.05, 4.69) is 42.8 Å². The molecule has 1 heterocycles. The Kier molecular flexibility index (Phi) is 4.16. The van der Waals surface area contributed by atoms with Gasteiger partial charge >= 0.3 is 0 Å². The van der Waals surface area contributed by atoms with Gasteiger partial charge in [-0.25, -0.2) is 4.98 Å². The second kappa shape index (κ2) is 5.48. The molecule has 0 spiro atoms. The quantitative estimate of drug-likeness (QED) is 0.767. The van der Waals surface area contributed by atoms with Gasteiger partial charge in [-0.2, -0.15) is 0 Å². The van der Waals surface area contributed by atoms with Crippen LogP contribution in [0.1, 0.15) is 45.6 Å². The number of aromatic nitrogens is 1. The molecule has 1 saturated carbocycles. The third-order valence-corrected chi connectivity index (χ3v) is 3.92. The lowest BCUT2D eigenvalue weighted by Crippen LogP contribution is -2.42. The number of hydrogen-bond donors (Lipinski definition) is 0. The number of pyridine rings is 1. The molecular formula is C15H23ClN2. The molecule has 3 heteroatoms. The number of halogens is 1. The molecule has 0 saturated heterocycles. The SMILES string of the molecule is CC(C)(C)c1ccc(N(CCCl)C2CCC2)nc1. The second-order valence-electron chi connectivity index (χ2n) is 6.12. The fourth-order valence-corrected chi connectivity index (χ4v) is 2.46. The molecule has 0 radical (unpaired) electrons. The Labute approximate surface area is 115 Å². The lowest BCUT2D eigenvalue weighted by atomic mass is 9.88. The molecular weight excluding hydrogens is 244 g/mol. The largest absolute Gasteiger partial charge is 0.352 e. The zero-order chi connectivity index (χ0) is 13.2. The van der Waals surface area contributed by atoms with Crippen molar-refractivity contribution in [2.75, 3.05) is 17.3 Å². The zero-order valence-electron chi connectivity index (χ0n) is 11.6. The summed E-state index contributed by atoms with van der Waals surface area (Å²) in [5.41, 5.74) is 1.45. The van der Waals surface area contributed by atoms with Crippen LogP contribution in [0.25, 0.3) is 0 Å². The van der Waals surface area contributed by atoms with Crippen LogP contribution in [-0.2, 0) is 5.41 Å². The van der Waals surface area contributed by atoms with E-state index in [1.165, 1.54) is 24.8 Å². The van der Waals surface area contributed by atoms with Crippen molar-refractivity contribution in [3.63, 3.8) is 0 Å². The monoisotopic (exact) mass is 266 g/mol. The van der Waals surface area contributed by atoms with Gasteiger partial charge < -0.3 is 4.90 Å². The number of hydrogen-bond acceptors (Lipinski definition) is 2. The third kappa shape index (κ3) is 2.97. The maximum absolute atomic E-state index is 5.91. The van der Waals surface area contributed by atoms with Gasteiger partial charge in [-0.15, -0.1) is 11.6 Å². The van der Waals surface area contributed by atoms with Crippen LogP contribution in [0.5, 0.6) is 0 Å². The second-order valence-corrected chi connectivity index (χ2v) is 6.50. The molecule has 1 aliphatic rings. The Balaban J connectivity index is 2.15. The normalized spacial score (nSPS) is 16.4. The topological polar surface area (TPSA) is 16.1 Å². The van der Waals surface area contributed by atoms with Gasteiger partial charge in [0.15, 0.2) is 0 Å². The molecule has 0 amide bonds. The highest BCUT2D eigenvalue weighted by Gasteiger charge is 2.25. The minimum absolute atomic E-state index is 0.166. The number of anilines is 1. The van der Waals surface area contributed by atoms with E-state index < -0.39 is 0 Å². The van der Waals surface area contributed by atoms with Crippen LogP contribution in [0.15, 0.2) is 18.3 Å². The summed E-state index contributed by atoms with van der Waals surface area (Å²) in [7, 11) is 0. The Morgan fingerprint density at radius 1 is 1.33 bits per heavy atom. The van der Waals surface area contributed by atoms with Crippen molar-refractivity contribution in [2.45, 2.75) is 51.5 Å². The molecule has 1 aliphatic carbocycles. The van der Waals surface area contributed by atoms with Crippen molar-refractivity contribution in [3.05, 3.63) is 23.9 Å². The molecule has 0 bridgehead atoms. The predicted molar refractivity (Wildman–Crippen MR) is 78.6 cm³/mol. The predicted octanol–water partition coefficient (Wildman–Crippen LogP) is 3.98. The van der Waals surface area contributed by atoms with Gasteiger partial charge in [0.1, 0.15) is 5.82 Å². The molecule has 0 unspecified atom stereocenters. The molecule has 18 heavy (non-hydrogen) atoms. The molecule has 0 aliphatic heterocycles. The Bertz CT molecular complexity index is 376. The lowest BCUT2D eigenvalue weighted by molar-refractivity contribution is 0.388. The number of nitrogens with zero attached hydrogens (tertiary/aromatic N) is 2. The van der Waals surface area contributed by atoms with E-state index in [4.69, 9.17) is 11.6 Å². The van der Waals surface area contributed by atoms with Gasteiger partial charge in [-0.1, -0.05) is 26.8 Å². The van der Waals surface area contributed by atoms with Crippen LogP contribution in [0.3, 0.4) is 0 Å². The molecule has 1 aromatic heterocycles. The first-order chi connectivity index (χ1) is 8.52. The zero-order valence-corrected chi connectivity index (χ0v) is 12.4. The summed E-state index contributed by atoms with van der Waals surface area (Å²) in [6.45, 7) is 7.54. The van der Waals surface area contributed by atoms with E-state index in [0.29, 0.717) is 11.9 Å². The van der Waals surface area contributed by atoms with Gasteiger partial charge in [-0.3, -0.25) is 0 Å². The van der Waals surface area contributed by atoms with Gasteiger partial charge in [0.25, 0.3) is 0 Å². The summed E-state index contributed by atoms with van der Waals surface area (Å²) in [6, 6.07) is 4.99. The average Bonchev–Trinajstić information content (AvgIpc) is 2.25. The van der Waals surface area contributed by atoms with Crippen LogP contribution in [0, 0.1) is 0 Å². The molecule has 100 valence electrons. The minimum atomic E-state index is 0.166. The van der Waals surface area contributed by atoms with Crippen LogP contribution in [-0.4, -0.2) is 23.5 Å². The van der Waals surface area contributed by atoms with E-state index in [0.717, 1.165) is 12.4 Å². The highest BCUT2D eigenvalue weighted by atomic mass is 35.5. The number of alkyl halides is 1. The summed E-state index contributed by atoms with van der Waals surface area (Å²) in [5.74, 6) is 1.74. The van der Waals surface area contributed by atoms with Gasteiger partial charge in [-0.05, 0) is 36.3 Å². The molecule has 0 atom stereocenters. The number of rotatable bonds is 4. The summed E-state index contributed by atoms with van der Waals surface area (Å²) in [6.07, 6.45) is 5.90. The van der Waals surface area contributed by atoms with E-state index in [-0.39, 0.29) is 5.41 Å². The highest BCUT2D eigenvalue weighted by Crippen LogP contribution is 2.29. The van der Waals surface area contributed by atoms with E-state index >= 15 is 0 Å². The van der Waals surface area contributed by atoms with E-state index in [9.17, 15) is 0 Å². The first-order valence-corrected chi connectivity index (χ1v) is 7.35. The lowest BCUT2D eigenvalue weighted by Gasteiger charge is -2.38. The van der Waals surface area contributed by atoms with Crippen molar-refractivity contribution in [3.8, 4) is 0 Å². The van der Waals surface area contributed by atoms with E-state index in [1.54, 1.807) is 0 Å². The van der Waals surface area contributed by atoms with Crippen molar-refractivity contribution < 1.29 is 0 Å². The molecule has 2 rings (SSSR count). The minimum Gasteiger partial charge on any atom is -0.352 e. The van der Waals surface area contributed by atoms with E-state index in [1.807, 2.05) is 6.20 Å². The highest BCUT2D eigenvalue weighted by molar-refractivity contribution is 6.18. The fraction of sp³-hybridized carbons (Fsp3) is 0.667. The van der Waals surface area contributed by atoms with Crippen LogP contribution < -0.4 is 4.90 Å². The summed E-state index contributed by atoms with van der Waals surface area (Å²) in [5, 5.41) is 0. The maximum atomic E-state index is 5.91. The standard InChI is InChI=1S/C15H23ClN2/c1-15(2,3)12-7-8-14(17-11-12)18(10-9-16)13-5-4-6-13/h7-8,11,13H,4-6,9-10H2,1-3H3. The van der Waals surface area contributed by atoms with Crippen molar-refractivity contribution in [2.24, 2.45) is 0 Å². The Hall–Kier alpha value is -0.760. The van der Waals surface area contributed by atoms with Crippen molar-refractivity contribution >= 4 is 17.4 Å². The van der Waals surface area contributed by atoms with Gasteiger partial charge in [0, 0.05) is 24.7 Å². The summed E-state index contributed by atoms with van der Waals surface area (Å²) >= 11 is 5.91. The third-order valence-electron chi connectivity index (χ3n) is 3.75. The molecule has 0 aromatic carbocycles. The van der Waals surface area contributed by atoms with Gasteiger partial charge in [0.05, 0.1) is 0 Å². The first-order valence-electron chi connectivity index (χ1n) is 6.81. The molecule has 1 fully saturated rings. The average molecular weight is 267 g/mol. The Morgan fingerprint density at radius 2 is 2.06 bits per heavy atom. The fourth-order valence-electron chi connectivity index (χ4n) is 2.27. The van der Waals surface area contributed by atoms with Gasteiger partial charge in [0.2, 0.25) is 0 Å².